The van der Waals surface area contributed by atoms with Crippen molar-refractivity contribution in [3.8, 4) is 0 Å². The Labute approximate surface area is 184 Å². The van der Waals surface area contributed by atoms with Crippen molar-refractivity contribution in [1.82, 2.24) is 10.2 Å². The van der Waals surface area contributed by atoms with Crippen molar-refractivity contribution < 1.29 is 19.2 Å². The average Bonchev–Trinajstić information content (AvgIpc) is 3.39. The molecule has 6 rings (SSSR count). The molecule has 2 aromatic carbocycles. The van der Waals surface area contributed by atoms with E-state index >= 15 is 0 Å². The summed E-state index contributed by atoms with van der Waals surface area (Å²) in [6.45, 7) is 0.963. The van der Waals surface area contributed by atoms with Gasteiger partial charge in [-0.2, -0.15) is 0 Å². The summed E-state index contributed by atoms with van der Waals surface area (Å²) in [5.74, 6) is -0.967. The SMILES string of the molecule is O=C1CCC(N2Cc3cc(NC(=O)N4CC5(CC5)c5ccccc54)ccc3C2=O)C(=O)N1. The third kappa shape index (κ3) is 2.82. The van der Waals surface area contributed by atoms with Crippen LogP contribution in [0.1, 0.15) is 47.2 Å². The number of nitrogens with zero attached hydrogens (tertiary/aromatic N) is 2. The van der Waals surface area contributed by atoms with Gasteiger partial charge < -0.3 is 10.2 Å². The van der Waals surface area contributed by atoms with Crippen LogP contribution in [0, 0.1) is 0 Å². The van der Waals surface area contributed by atoms with Gasteiger partial charge in [0.25, 0.3) is 5.91 Å². The van der Waals surface area contributed by atoms with E-state index in [0.29, 0.717) is 24.2 Å². The van der Waals surface area contributed by atoms with Gasteiger partial charge in [0.1, 0.15) is 6.04 Å². The van der Waals surface area contributed by atoms with Crippen LogP contribution in [0.15, 0.2) is 42.5 Å². The van der Waals surface area contributed by atoms with Gasteiger partial charge >= 0.3 is 6.03 Å². The Balaban J connectivity index is 1.20. The predicted molar refractivity (Wildman–Crippen MR) is 116 cm³/mol. The molecule has 3 aliphatic heterocycles. The normalized spacial score (nSPS) is 22.6. The van der Waals surface area contributed by atoms with E-state index in [0.717, 1.165) is 24.1 Å². The average molecular weight is 430 g/mol. The summed E-state index contributed by atoms with van der Waals surface area (Å²) in [7, 11) is 0. The smallest absolute Gasteiger partial charge is 0.322 e. The summed E-state index contributed by atoms with van der Waals surface area (Å²) in [6.07, 6.45) is 2.75. The number of carbonyl (C=O) groups excluding carboxylic acids is 4. The number of para-hydroxylation sites is 1. The minimum absolute atomic E-state index is 0.112. The Morgan fingerprint density at radius 1 is 1.09 bits per heavy atom. The molecule has 2 aromatic rings. The summed E-state index contributed by atoms with van der Waals surface area (Å²) < 4.78 is 0. The van der Waals surface area contributed by atoms with Crippen molar-refractivity contribution in [3.63, 3.8) is 0 Å². The molecule has 0 radical (unpaired) electrons. The Kier molecular flexibility index (Phi) is 3.96. The summed E-state index contributed by atoms with van der Waals surface area (Å²) in [6, 6.07) is 12.4. The van der Waals surface area contributed by atoms with Gasteiger partial charge in [0.05, 0.1) is 0 Å². The number of nitrogens with one attached hydrogen (secondary N) is 2. The maximum absolute atomic E-state index is 13.1. The molecule has 1 saturated carbocycles. The number of urea groups is 1. The van der Waals surface area contributed by atoms with E-state index in [1.807, 2.05) is 18.2 Å². The van der Waals surface area contributed by atoms with E-state index in [2.05, 4.69) is 16.7 Å². The highest BCUT2D eigenvalue weighted by Crippen LogP contribution is 2.56. The second-order valence-electron chi connectivity index (χ2n) is 9.09. The van der Waals surface area contributed by atoms with E-state index in [9.17, 15) is 19.2 Å². The van der Waals surface area contributed by atoms with Crippen LogP contribution in [0.25, 0.3) is 0 Å². The Morgan fingerprint density at radius 2 is 1.91 bits per heavy atom. The molecule has 1 aliphatic carbocycles. The van der Waals surface area contributed by atoms with Crippen LogP contribution in [-0.2, 0) is 21.5 Å². The number of benzene rings is 2. The molecular weight excluding hydrogens is 408 g/mol. The first-order valence-electron chi connectivity index (χ1n) is 10.9. The van der Waals surface area contributed by atoms with Crippen LogP contribution in [0.3, 0.4) is 0 Å². The maximum Gasteiger partial charge on any atom is 0.326 e. The highest BCUT2D eigenvalue weighted by Gasteiger charge is 2.52. The number of rotatable bonds is 2. The summed E-state index contributed by atoms with van der Waals surface area (Å²) in [5, 5.41) is 5.28. The van der Waals surface area contributed by atoms with E-state index in [1.54, 1.807) is 23.1 Å². The molecule has 32 heavy (non-hydrogen) atoms. The minimum Gasteiger partial charge on any atom is -0.322 e. The van der Waals surface area contributed by atoms with Crippen molar-refractivity contribution in [1.29, 1.82) is 0 Å². The molecule has 4 aliphatic rings. The molecule has 162 valence electrons. The lowest BCUT2D eigenvalue weighted by Crippen LogP contribution is -2.52. The zero-order valence-corrected chi connectivity index (χ0v) is 17.4. The van der Waals surface area contributed by atoms with Gasteiger partial charge in [-0.05, 0) is 54.7 Å². The lowest BCUT2D eigenvalue weighted by atomic mass is 9.99. The molecule has 5 amide bonds. The number of imide groups is 1. The Hall–Kier alpha value is -3.68. The van der Waals surface area contributed by atoms with Crippen LogP contribution in [-0.4, -0.2) is 41.2 Å². The number of carbonyl (C=O) groups is 4. The Morgan fingerprint density at radius 3 is 2.69 bits per heavy atom. The second kappa shape index (κ2) is 6.66. The van der Waals surface area contributed by atoms with E-state index in [4.69, 9.17) is 0 Å². The van der Waals surface area contributed by atoms with Crippen LogP contribution < -0.4 is 15.5 Å². The number of piperidine rings is 1. The lowest BCUT2D eigenvalue weighted by Gasteiger charge is -2.29. The molecule has 1 unspecified atom stereocenters. The molecule has 1 spiro atoms. The summed E-state index contributed by atoms with van der Waals surface area (Å²) >= 11 is 0. The van der Waals surface area contributed by atoms with Gasteiger partial charge in [-0.3, -0.25) is 24.6 Å². The molecule has 3 heterocycles. The quantitative estimate of drug-likeness (QED) is 0.716. The first-order valence-corrected chi connectivity index (χ1v) is 10.9. The van der Waals surface area contributed by atoms with Crippen molar-refractivity contribution >= 4 is 35.1 Å². The van der Waals surface area contributed by atoms with Gasteiger partial charge in [-0.1, -0.05) is 18.2 Å². The monoisotopic (exact) mass is 430 g/mol. The molecule has 2 N–H and O–H groups in total. The largest absolute Gasteiger partial charge is 0.326 e. The van der Waals surface area contributed by atoms with E-state index in [-0.39, 0.29) is 36.2 Å². The highest BCUT2D eigenvalue weighted by atomic mass is 16.2. The van der Waals surface area contributed by atoms with Gasteiger partial charge in [0.15, 0.2) is 0 Å². The molecule has 8 heteroatoms. The van der Waals surface area contributed by atoms with Gasteiger partial charge in [-0.15, -0.1) is 0 Å². The Bertz CT molecular complexity index is 1200. The predicted octanol–water partition coefficient (Wildman–Crippen LogP) is 2.53. The third-order valence-electron chi connectivity index (χ3n) is 7.10. The second-order valence-corrected chi connectivity index (χ2v) is 9.09. The number of hydrogen-bond acceptors (Lipinski definition) is 4. The lowest BCUT2D eigenvalue weighted by molar-refractivity contribution is -0.136. The zero-order chi connectivity index (χ0) is 22.0. The van der Waals surface area contributed by atoms with Crippen molar-refractivity contribution in [2.75, 3.05) is 16.8 Å². The molecular formula is C24H22N4O4. The zero-order valence-electron chi connectivity index (χ0n) is 17.4. The van der Waals surface area contributed by atoms with E-state index in [1.165, 1.54) is 10.5 Å². The summed E-state index contributed by atoms with van der Waals surface area (Å²) in [4.78, 5) is 52.9. The number of anilines is 2. The van der Waals surface area contributed by atoms with Crippen molar-refractivity contribution in [3.05, 3.63) is 59.2 Å². The highest BCUT2D eigenvalue weighted by molar-refractivity contribution is 6.07. The molecule has 1 atom stereocenters. The van der Waals surface area contributed by atoms with Crippen LogP contribution in [0.5, 0.6) is 0 Å². The van der Waals surface area contributed by atoms with Crippen molar-refractivity contribution in [2.45, 2.75) is 43.7 Å². The van der Waals surface area contributed by atoms with Gasteiger partial charge in [0.2, 0.25) is 11.8 Å². The topological polar surface area (TPSA) is 98.8 Å². The maximum atomic E-state index is 13.1. The van der Waals surface area contributed by atoms with Crippen molar-refractivity contribution in [2.24, 2.45) is 0 Å². The third-order valence-corrected chi connectivity index (χ3v) is 7.10. The van der Waals surface area contributed by atoms with Crippen LogP contribution in [0.4, 0.5) is 16.2 Å². The molecule has 8 nitrogen and oxygen atoms in total. The minimum atomic E-state index is -0.651. The first-order chi connectivity index (χ1) is 15.4. The standard InChI is InChI=1S/C24H22N4O4/c29-20-8-7-19(21(30)26-20)27-12-14-11-15(5-6-16(14)22(27)31)25-23(32)28-13-24(9-10-24)17-3-1-2-4-18(17)28/h1-6,11,19H,7-10,12-13H2,(H,25,32)(H,26,29,30). The van der Waals surface area contributed by atoms with Gasteiger partial charge in [0, 0.05) is 41.9 Å². The number of amides is 5. The molecule has 0 aromatic heterocycles. The molecule has 1 saturated heterocycles. The summed E-state index contributed by atoms with van der Waals surface area (Å²) in [5.41, 5.74) is 4.22. The molecule has 0 bridgehead atoms. The van der Waals surface area contributed by atoms with Gasteiger partial charge in [-0.25, -0.2) is 4.79 Å². The fraction of sp³-hybridized carbons (Fsp3) is 0.333. The number of fused-ring (bicyclic) bond motifs is 3. The molecule has 2 fully saturated rings. The first kappa shape index (κ1) is 19.0. The fourth-order valence-corrected chi connectivity index (χ4v) is 5.23. The number of hydrogen-bond donors (Lipinski definition) is 2. The van der Waals surface area contributed by atoms with Crippen LogP contribution in [0.2, 0.25) is 0 Å². The fourth-order valence-electron chi connectivity index (χ4n) is 5.23. The van der Waals surface area contributed by atoms with E-state index < -0.39 is 11.9 Å². The van der Waals surface area contributed by atoms with Crippen LogP contribution >= 0.6 is 0 Å².